The second-order valence-electron chi connectivity index (χ2n) is 7.20. The molecule has 0 aliphatic carbocycles. The van der Waals surface area contributed by atoms with Crippen molar-refractivity contribution in [2.75, 3.05) is 6.61 Å². The highest BCUT2D eigenvalue weighted by molar-refractivity contribution is 6.02. The minimum Gasteiger partial charge on any atom is -0.478 e. The minimum atomic E-state index is -1.11. The largest absolute Gasteiger partial charge is 0.478 e. The first kappa shape index (κ1) is 22.2. The van der Waals surface area contributed by atoms with Gasteiger partial charge in [0.25, 0.3) is 0 Å². The van der Waals surface area contributed by atoms with E-state index < -0.39 is 11.9 Å². The van der Waals surface area contributed by atoms with Gasteiger partial charge in [0.15, 0.2) is 0 Å². The lowest BCUT2D eigenvalue weighted by Crippen LogP contribution is -2.13. The summed E-state index contributed by atoms with van der Waals surface area (Å²) in [6, 6.07) is 6.16. The summed E-state index contributed by atoms with van der Waals surface area (Å²) in [4.78, 5) is 23.2. The third-order valence-corrected chi connectivity index (χ3v) is 5.19. The summed E-state index contributed by atoms with van der Waals surface area (Å²) in [6.45, 7) is 7.06. The second-order valence-corrected chi connectivity index (χ2v) is 7.20. The number of hydrogen-bond donors (Lipinski definition) is 1. The Bertz CT molecular complexity index is 549. The van der Waals surface area contributed by atoms with Gasteiger partial charge in [-0.15, -0.1) is 0 Å². The van der Waals surface area contributed by atoms with Gasteiger partial charge in [-0.3, -0.25) is 0 Å². The van der Waals surface area contributed by atoms with Crippen LogP contribution in [-0.4, -0.2) is 23.7 Å². The first-order chi connectivity index (χ1) is 12.5. The summed E-state index contributed by atoms with van der Waals surface area (Å²) >= 11 is 0. The van der Waals surface area contributed by atoms with Gasteiger partial charge in [0.2, 0.25) is 0 Å². The Morgan fingerprint density at radius 1 is 0.962 bits per heavy atom. The van der Waals surface area contributed by atoms with Crippen LogP contribution in [0.2, 0.25) is 0 Å². The van der Waals surface area contributed by atoms with Crippen LogP contribution in [0.15, 0.2) is 24.3 Å². The molecule has 4 heteroatoms. The van der Waals surface area contributed by atoms with Gasteiger partial charge >= 0.3 is 11.9 Å². The summed E-state index contributed by atoms with van der Waals surface area (Å²) in [6.07, 6.45) is 9.65. The van der Waals surface area contributed by atoms with Gasteiger partial charge in [0.1, 0.15) is 0 Å². The smallest absolute Gasteiger partial charge is 0.339 e. The molecule has 0 aliphatic rings. The van der Waals surface area contributed by atoms with Crippen molar-refractivity contribution in [3.63, 3.8) is 0 Å². The Hall–Kier alpha value is -1.84. The van der Waals surface area contributed by atoms with Gasteiger partial charge in [0.05, 0.1) is 17.7 Å². The highest BCUT2D eigenvalue weighted by Crippen LogP contribution is 2.19. The number of carbonyl (C=O) groups is 2. The topological polar surface area (TPSA) is 63.6 Å². The van der Waals surface area contributed by atoms with Crippen molar-refractivity contribution in [2.45, 2.75) is 72.1 Å². The normalized spacial score (nSPS) is 12.2. The number of carbonyl (C=O) groups excluding carboxylic acids is 1. The highest BCUT2D eigenvalue weighted by Gasteiger charge is 2.17. The van der Waals surface area contributed by atoms with E-state index >= 15 is 0 Å². The predicted octanol–water partition coefficient (Wildman–Crippen LogP) is 5.95. The summed E-state index contributed by atoms with van der Waals surface area (Å²) in [7, 11) is 0. The molecule has 1 aromatic rings. The molecule has 0 heterocycles. The number of unbranched alkanes of at least 4 members (excludes halogenated alkanes) is 2. The van der Waals surface area contributed by atoms with Crippen LogP contribution in [0.25, 0.3) is 0 Å². The monoisotopic (exact) mass is 362 g/mol. The molecular weight excluding hydrogens is 328 g/mol. The van der Waals surface area contributed by atoms with Crippen LogP contribution >= 0.6 is 0 Å². The fourth-order valence-electron chi connectivity index (χ4n) is 3.22. The Morgan fingerprint density at radius 3 is 2.19 bits per heavy atom. The third-order valence-electron chi connectivity index (χ3n) is 5.19. The zero-order valence-corrected chi connectivity index (χ0v) is 16.5. The fourth-order valence-corrected chi connectivity index (χ4v) is 3.22. The number of aromatic carboxylic acids is 1. The quantitative estimate of drug-likeness (QED) is 0.347. The fraction of sp³-hybridized carbons (Fsp3) is 0.636. The van der Waals surface area contributed by atoms with Crippen LogP contribution < -0.4 is 0 Å². The number of ether oxygens (including phenoxy) is 1. The first-order valence-electron chi connectivity index (χ1n) is 9.98. The van der Waals surface area contributed by atoms with Crippen molar-refractivity contribution in [2.24, 2.45) is 11.8 Å². The van der Waals surface area contributed by atoms with Gasteiger partial charge in [-0.2, -0.15) is 0 Å². The molecule has 0 bridgehead atoms. The van der Waals surface area contributed by atoms with Gasteiger partial charge in [-0.1, -0.05) is 77.8 Å². The van der Waals surface area contributed by atoms with E-state index in [0.717, 1.165) is 18.8 Å². The zero-order chi connectivity index (χ0) is 19.4. The van der Waals surface area contributed by atoms with Crippen molar-refractivity contribution >= 4 is 11.9 Å². The maximum absolute atomic E-state index is 12.1. The molecular formula is C22H34O4. The number of esters is 1. The number of rotatable bonds is 13. The molecule has 1 aromatic carbocycles. The van der Waals surface area contributed by atoms with E-state index in [9.17, 15) is 9.59 Å². The molecule has 0 amide bonds. The number of benzene rings is 1. The molecule has 0 aromatic heterocycles. The average molecular weight is 363 g/mol. The summed E-state index contributed by atoms with van der Waals surface area (Å²) < 4.78 is 5.28. The SMILES string of the molecule is CCC(CC)CCCCCC(C)CCOC(=O)c1ccccc1C(=O)O. The van der Waals surface area contributed by atoms with E-state index in [2.05, 4.69) is 20.8 Å². The molecule has 0 saturated carbocycles. The van der Waals surface area contributed by atoms with Crippen LogP contribution in [-0.2, 0) is 4.74 Å². The van der Waals surface area contributed by atoms with Crippen molar-refractivity contribution < 1.29 is 19.4 Å². The Balaban J connectivity index is 2.23. The van der Waals surface area contributed by atoms with Gasteiger partial charge in [-0.05, 0) is 30.4 Å². The lowest BCUT2D eigenvalue weighted by molar-refractivity contribution is 0.0474. The molecule has 0 fully saturated rings. The lowest BCUT2D eigenvalue weighted by Gasteiger charge is -2.14. The maximum atomic E-state index is 12.1. The summed E-state index contributed by atoms with van der Waals surface area (Å²) in [5, 5.41) is 9.13. The molecule has 26 heavy (non-hydrogen) atoms. The molecule has 1 rings (SSSR count). The van der Waals surface area contributed by atoms with Crippen LogP contribution in [0.1, 0.15) is 92.9 Å². The molecule has 4 nitrogen and oxygen atoms in total. The third kappa shape index (κ3) is 8.03. The zero-order valence-electron chi connectivity index (χ0n) is 16.5. The van der Waals surface area contributed by atoms with Gasteiger partial charge < -0.3 is 9.84 Å². The summed E-state index contributed by atoms with van der Waals surface area (Å²) in [5.41, 5.74) is 0.108. The van der Waals surface area contributed by atoms with Gasteiger partial charge in [0, 0.05) is 0 Å². The van der Waals surface area contributed by atoms with E-state index in [0.29, 0.717) is 12.5 Å². The van der Waals surface area contributed by atoms with Gasteiger partial charge in [-0.25, -0.2) is 9.59 Å². The van der Waals surface area contributed by atoms with Crippen LogP contribution in [0.5, 0.6) is 0 Å². The maximum Gasteiger partial charge on any atom is 0.339 e. The molecule has 1 atom stereocenters. The molecule has 0 saturated heterocycles. The van der Waals surface area contributed by atoms with E-state index in [4.69, 9.17) is 9.84 Å². The standard InChI is InChI=1S/C22H34O4/c1-4-18(5-2)12-8-6-7-11-17(3)15-16-26-22(25)20-14-10-9-13-19(20)21(23)24/h9-10,13-14,17-18H,4-8,11-12,15-16H2,1-3H3,(H,23,24). The molecule has 0 radical (unpaired) electrons. The van der Waals surface area contributed by atoms with E-state index in [1.54, 1.807) is 12.1 Å². The van der Waals surface area contributed by atoms with Crippen LogP contribution in [0.4, 0.5) is 0 Å². The minimum absolute atomic E-state index is 0.0111. The number of carboxylic acids is 1. The van der Waals surface area contributed by atoms with Crippen molar-refractivity contribution in [1.29, 1.82) is 0 Å². The highest BCUT2D eigenvalue weighted by atomic mass is 16.5. The van der Waals surface area contributed by atoms with E-state index in [1.807, 2.05) is 0 Å². The molecule has 1 unspecified atom stereocenters. The molecule has 1 N–H and O–H groups in total. The van der Waals surface area contributed by atoms with E-state index in [1.165, 1.54) is 50.7 Å². The predicted molar refractivity (Wildman–Crippen MR) is 105 cm³/mol. The molecule has 0 aliphatic heterocycles. The molecule has 0 spiro atoms. The van der Waals surface area contributed by atoms with Crippen molar-refractivity contribution in [3.8, 4) is 0 Å². The lowest BCUT2D eigenvalue weighted by atomic mass is 9.94. The average Bonchev–Trinajstić information content (AvgIpc) is 2.64. The van der Waals surface area contributed by atoms with Crippen molar-refractivity contribution in [1.82, 2.24) is 0 Å². The first-order valence-corrected chi connectivity index (χ1v) is 9.98. The number of hydrogen-bond acceptors (Lipinski definition) is 3. The van der Waals surface area contributed by atoms with E-state index in [-0.39, 0.29) is 11.1 Å². The Kier molecular flexibility index (Phi) is 10.7. The summed E-state index contributed by atoms with van der Waals surface area (Å²) in [5.74, 6) is -0.286. The van der Waals surface area contributed by atoms with Crippen molar-refractivity contribution in [3.05, 3.63) is 35.4 Å². The van der Waals surface area contributed by atoms with Crippen LogP contribution in [0, 0.1) is 11.8 Å². The second kappa shape index (κ2) is 12.5. The Labute approximate surface area is 158 Å². The van der Waals surface area contributed by atoms with Crippen LogP contribution in [0.3, 0.4) is 0 Å². The Morgan fingerprint density at radius 2 is 1.58 bits per heavy atom. The molecule has 146 valence electrons. The number of carboxylic acid groups (broad SMARTS) is 1.